The topological polar surface area (TPSA) is 78.7 Å². The zero-order valence-corrected chi connectivity index (χ0v) is 17.8. The van der Waals surface area contributed by atoms with E-state index in [9.17, 15) is 9.59 Å². The molecule has 0 spiro atoms. The molecular weight excluding hydrogens is 380 g/mol. The van der Waals surface area contributed by atoms with E-state index in [4.69, 9.17) is 4.42 Å². The predicted molar refractivity (Wildman–Crippen MR) is 115 cm³/mol. The molecule has 1 aromatic carbocycles. The van der Waals surface area contributed by atoms with Crippen LogP contribution < -0.4 is 5.32 Å². The number of hydrogen-bond acceptors (Lipinski definition) is 4. The number of rotatable bonds is 4. The molecule has 30 heavy (non-hydrogen) atoms. The summed E-state index contributed by atoms with van der Waals surface area (Å²) in [6.45, 7) is 6.11. The minimum atomic E-state index is -0.144. The Morgan fingerprint density at radius 2 is 1.80 bits per heavy atom. The number of aryl methyl sites for hydroxylation is 2. The second-order valence-corrected chi connectivity index (χ2v) is 8.39. The van der Waals surface area contributed by atoms with Gasteiger partial charge in [-0.3, -0.25) is 4.79 Å². The van der Waals surface area contributed by atoms with Gasteiger partial charge in [-0.2, -0.15) is 0 Å². The van der Waals surface area contributed by atoms with Gasteiger partial charge < -0.3 is 19.5 Å². The molecule has 1 saturated heterocycles. The molecule has 1 aromatic heterocycles. The fraction of sp³-hybridized carbons (Fsp3) is 0.522. The van der Waals surface area contributed by atoms with Crippen LogP contribution in [0.4, 0.5) is 10.5 Å². The minimum Gasteiger partial charge on any atom is -0.441 e. The molecule has 160 valence electrons. The molecule has 7 nitrogen and oxygen atoms in total. The average molecular weight is 411 g/mol. The summed E-state index contributed by atoms with van der Waals surface area (Å²) in [5.41, 5.74) is 2.39. The van der Waals surface area contributed by atoms with Crippen molar-refractivity contribution in [3.05, 3.63) is 35.7 Å². The third-order valence-electron chi connectivity index (χ3n) is 6.25. The summed E-state index contributed by atoms with van der Waals surface area (Å²) in [4.78, 5) is 33.3. The molecule has 1 aliphatic carbocycles. The number of piperazine rings is 1. The van der Waals surface area contributed by atoms with Crippen LogP contribution in [0, 0.1) is 19.8 Å². The van der Waals surface area contributed by atoms with Crippen LogP contribution in [0.3, 0.4) is 0 Å². The zero-order chi connectivity index (χ0) is 21.1. The van der Waals surface area contributed by atoms with Gasteiger partial charge in [0.1, 0.15) is 5.76 Å². The van der Waals surface area contributed by atoms with Gasteiger partial charge in [-0.1, -0.05) is 18.9 Å². The van der Waals surface area contributed by atoms with E-state index in [1.807, 2.05) is 43.0 Å². The number of carbonyl (C=O) groups is 2. The van der Waals surface area contributed by atoms with E-state index in [2.05, 4.69) is 10.3 Å². The molecule has 1 aliphatic heterocycles. The van der Waals surface area contributed by atoms with E-state index in [1.54, 1.807) is 4.90 Å². The Bertz CT molecular complexity index is 889. The Kier molecular flexibility index (Phi) is 6.06. The first-order chi connectivity index (χ1) is 14.5. The number of carbonyl (C=O) groups excluding carboxylic acids is 2. The maximum absolute atomic E-state index is 12.7. The summed E-state index contributed by atoms with van der Waals surface area (Å²) in [7, 11) is 0. The Hall–Kier alpha value is -2.83. The van der Waals surface area contributed by atoms with Crippen LogP contribution >= 0.6 is 0 Å². The molecule has 7 heteroatoms. The number of amides is 3. The number of aromatic nitrogens is 1. The maximum Gasteiger partial charge on any atom is 0.321 e. The SMILES string of the molecule is Cc1nc(-c2cccc(NC(=O)N3CCN(C(=O)CC4CCCC4)CC3)c2)oc1C. The fourth-order valence-electron chi connectivity index (χ4n) is 4.28. The second-order valence-electron chi connectivity index (χ2n) is 8.39. The van der Waals surface area contributed by atoms with E-state index in [0.717, 1.165) is 17.0 Å². The van der Waals surface area contributed by atoms with Crippen LogP contribution in [-0.2, 0) is 4.79 Å². The van der Waals surface area contributed by atoms with Crippen LogP contribution in [0.5, 0.6) is 0 Å². The molecule has 2 heterocycles. The van der Waals surface area contributed by atoms with Gasteiger partial charge >= 0.3 is 6.03 Å². The van der Waals surface area contributed by atoms with Crippen molar-refractivity contribution in [3.63, 3.8) is 0 Å². The van der Waals surface area contributed by atoms with E-state index in [1.165, 1.54) is 25.7 Å². The Labute approximate surface area is 177 Å². The highest BCUT2D eigenvalue weighted by Gasteiger charge is 2.27. The summed E-state index contributed by atoms with van der Waals surface area (Å²) >= 11 is 0. The quantitative estimate of drug-likeness (QED) is 0.819. The monoisotopic (exact) mass is 410 g/mol. The molecule has 0 radical (unpaired) electrons. The molecule has 2 aromatic rings. The molecule has 1 saturated carbocycles. The third-order valence-corrected chi connectivity index (χ3v) is 6.25. The molecule has 0 atom stereocenters. The van der Waals surface area contributed by atoms with Crippen molar-refractivity contribution in [2.75, 3.05) is 31.5 Å². The number of oxazole rings is 1. The summed E-state index contributed by atoms with van der Waals surface area (Å²) in [5.74, 6) is 2.14. The maximum atomic E-state index is 12.7. The lowest BCUT2D eigenvalue weighted by Gasteiger charge is -2.35. The molecule has 3 amide bonds. The van der Waals surface area contributed by atoms with Gasteiger partial charge in [0.25, 0.3) is 0 Å². The number of nitrogens with one attached hydrogen (secondary N) is 1. The molecule has 2 fully saturated rings. The molecule has 2 aliphatic rings. The van der Waals surface area contributed by atoms with Crippen LogP contribution in [0.25, 0.3) is 11.5 Å². The predicted octanol–water partition coefficient (Wildman–Crippen LogP) is 4.21. The molecule has 1 N–H and O–H groups in total. The van der Waals surface area contributed by atoms with Crippen molar-refractivity contribution >= 4 is 17.6 Å². The van der Waals surface area contributed by atoms with Crippen molar-refractivity contribution in [2.45, 2.75) is 46.0 Å². The van der Waals surface area contributed by atoms with Crippen molar-refractivity contribution in [1.82, 2.24) is 14.8 Å². The van der Waals surface area contributed by atoms with Gasteiger partial charge in [-0.15, -0.1) is 0 Å². The number of urea groups is 1. The van der Waals surface area contributed by atoms with E-state index < -0.39 is 0 Å². The van der Waals surface area contributed by atoms with Crippen molar-refractivity contribution in [1.29, 1.82) is 0 Å². The minimum absolute atomic E-state index is 0.144. The molecule has 0 unspecified atom stereocenters. The van der Waals surface area contributed by atoms with E-state index in [0.29, 0.717) is 50.1 Å². The lowest BCUT2D eigenvalue weighted by Crippen LogP contribution is -2.51. The number of anilines is 1. The summed E-state index contributed by atoms with van der Waals surface area (Å²) in [6, 6.07) is 7.36. The van der Waals surface area contributed by atoms with Gasteiger partial charge in [0.05, 0.1) is 5.69 Å². The first-order valence-corrected chi connectivity index (χ1v) is 10.9. The van der Waals surface area contributed by atoms with Crippen LogP contribution in [0.1, 0.15) is 43.6 Å². The van der Waals surface area contributed by atoms with Crippen molar-refractivity contribution < 1.29 is 14.0 Å². The Morgan fingerprint density at radius 3 is 2.47 bits per heavy atom. The van der Waals surface area contributed by atoms with Crippen LogP contribution in [0.15, 0.2) is 28.7 Å². The average Bonchev–Trinajstić information content (AvgIpc) is 3.38. The molecular formula is C23H30N4O3. The molecule has 0 bridgehead atoms. The van der Waals surface area contributed by atoms with Crippen molar-refractivity contribution in [2.24, 2.45) is 5.92 Å². The fourth-order valence-corrected chi connectivity index (χ4v) is 4.28. The van der Waals surface area contributed by atoms with Gasteiger partial charge in [0.15, 0.2) is 0 Å². The summed E-state index contributed by atoms with van der Waals surface area (Å²) in [6.07, 6.45) is 5.53. The Morgan fingerprint density at radius 1 is 1.10 bits per heavy atom. The van der Waals surface area contributed by atoms with Crippen LogP contribution in [0.2, 0.25) is 0 Å². The largest absolute Gasteiger partial charge is 0.441 e. The van der Waals surface area contributed by atoms with E-state index in [-0.39, 0.29) is 11.9 Å². The lowest BCUT2D eigenvalue weighted by molar-refractivity contribution is -0.133. The van der Waals surface area contributed by atoms with Gasteiger partial charge in [-0.25, -0.2) is 9.78 Å². The van der Waals surface area contributed by atoms with Gasteiger partial charge in [-0.05, 0) is 50.8 Å². The Balaban J connectivity index is 1.30. The van der Waals surface area contributed by atoms with Crippen molar-refractivity contribution in [3.8, 4) is 11.5 Å². The highest BCUT2D eigenvalue weighted by Crippen LogP contribution is 2.28. The normalized spacial score (nSPS) is 17.4. The smallest absolute Gasteiger partial charge is 0.321 e. The van der Waals surface area contributed by atoms with E-state index >= 15 is 0 Å². The first kappa shape index (κ1) is 20.4. The first-order valence-electron chi connectivity index (χ1n) is 10.9. The van der Waals surface area contributed by atoms with Gasteiger partial charge in [0, 0.05) is 43.9 Å². The highest BCUT2D eigenvalue weighted by molar-refractivity contribution is 5.90. The molecule has 4 rings (SSSR count). The highest BCUT2D eigenvalue weighted by atomic mass is 16.4. The number of benzene rings is 1. The summed E-state index contributed by atoms with van der Waals surface area (Å²) in [5, 5.41) is 2.96. The number of hydrogen-bond donors (Lipinski definition) is 1. The summed E-state index contributed by atoms with van der Waals surface area (Å²) < 4.78 is 5.69. The second kappa shape index (κ2) is 8.90. The lowest BCUT2D eigenvalue weighted by atomic mass is 10.0. The van der Waals surface area contributed by atoms with Crippen LogP contribution in [-0.4, -0.2) is 52.9 Å². The zero-order valence-electron chi connectivity index (χ0n) is 17.8. The standard InChI is InChI=1S/C23H30N4O3/c1-16-17(2)30-22(24-16)19-8-5-9-20(15-19)25-23(29)27-12-10-26(11-13-27)21(28)14-18-6-3-4-7-18/h5,8-9,15,18H,3-4,6-7,10-14H2,1-2H3,(H,25,29). The third kappa shape index (κ3) is 4.66. The number of nitrogens with zero attached hydrogens (tertiary/aromatic N) is 3. The van der Waals surface area contributed by atoms with Gasteiger partial charge in [0.2, 0.25) is 11.8 Å².